The summed E-state index contributed by atoms with van der Waals surface area (Å²) < 4.78 is 5.06. The molecule has 0 aromatic carbocycles. The van der Waals surface area contributed by atoms with E-state index in [2.05, 4.69) is 30.9 Å². The molecule has 2 aromatic rings. The number of hydrogen-bond acceptors (Lipinski definition) is 7. The lowest BCUT2D eigenvalue weighted by molar-refractivity contribution is -0.114. The molecular weight excluding hydrogens is 392 g/mol. The lowest BCUT2D eigenvalue weighted by Gasteiger charge is -2.16. The number of aromatic nitrogens is 2. The lowest BCUT2D eigenvalue weighted by atomic mass is 10.3. The fourth-order valence-electron chi connectivity index (χ4n) is 2.36. The van der Waals surface area contributed by atoms with Crippen molar-refractivity contribution >= 4 is 34.9 Å². The minimum atomic E-state index is -0.367. The second-order valence-corrected chi connectivity index (χ2v) is 7.07. The van der Waals surface area contributed by atoms with Crippen LogP contribution in [0.3, 0.4) is 0 Å². The Morgan fingerprint density at radius 2 is 2.14 bits per heavy atom. The molecule has 2 heterocycles. The molecule has 0 fully saturated rings. The van der Waals surface area contributed by atoms with Crippen molar-refractivity contribution in [3.05, 3.63) is 40.1 Å². The second kappa shape index (κ2) is 11.1. The number of amides is 1. The zero-order valence-electron chi connectivity index (χ0n) is 17.0. The number of aryl methyl sites for hydroxylation is 1. The summed E-state index contributed by atoms with van der Waals surface area (Å²) in [6, 6.07) is 3.29. The van der Waals surface area contributed by atoms with Crippen molar-refractivity contribution in [1.29, 1.82) is 0 Å². The van der Waals surface area contributed by atoms with E-state index in [1.807, 2.05) is 13.8 Å². The molecule has 1 amide bonds. The maximum atomic E-state index is 12.1. The molecule has 0 aliphatic heterocycles. The van der Waals surface area contributed by atoms with E-state index < -0.39 is 0 Å². The van der Waals surface area contributed by atoms with Gasteiger partial charge < -0.3 is 20.7 Å². The van der Waals surface area contributed by atoms with Crippen LogP contribution < -0.4 is 16.0 Å². The molecule has 0 spiro atoms. The third-order valence-corrected chi connectivity index (χ3v) is 4.99. The van der Waals surface area contributed by atoms with Crippen molar-refractivity contribution in [1.82, 2.24) is 20.6 Å². The Morgan fingerprint density at radius 3 is 2.79 bits per heavy atom. The minimum Gasteiger partial charge on any atom is -0.462 e. The van der Waals surface area contributed by atoms with E-state index in [9.17, 15) is 9.59 Å². The number of anilines is 1. The van der Waals surface area contributed by atoms with Crippen LogP contribution in [0, 0.1) is 6.92 Å². The van der Waals surface area contributed by atoms with Crippen molar-refractivity contribution in [2.45, 2.75) is 33.7 Å². The largest absolute Gasteiger partial charge is 0.462 e. The van der Waals surface area contributed by atoms with Crippen molar-refractivity contribution in [2.75, 3.05) is 25.0 Å². The molecule has 2 aromatic heterocycles. The quantitative estimate of drug-likeness (QED) is 0.342. The summed E-state index contributed by atoms with van der Waals surface area (Å²) in [5, 5.41) is 9.77. The Balaban J connectivity index is 2.01. The molecule has 156 valence electrons. The summed E-state index contributed by atoms with van der Waals surface area (Å²) in [7, 11) is 0. The van der Waals surface area contributed by atoms with Gasteiger partial charge in [0.25, 0.3) is 0 Å². The third-order valence-electron chi connectivity index (χ3n) is 3.67. The van der Waals surface area contributed by atoms with E-state index in [1.165, 1.54) is 11.3 Å². The van der Waals surface area contributed by atoms with Gasteiger partial charge in [-0.15, -0.1) is 11.3 Å². The number of esters is 1. The molecule has 0 saturated heterocycles. The maximum absolute atomic E-state index is 12.1. The fourth-order valence-corrected chi connectivity index (χ4v) is 3.33. The highest BCUT2D eigenvalue weighted by Crippen LogP contribution is 2.24. The molecule has 1 unspecified atom stereocenters. The normalized spacial score (nSPS) is 12.2. The van der Waals surface area contributed by atoms with Gasteiger partial charge in [0.05, 0.1) is 30.2 Å². The molecular formula is C19H26N6O3S. The van der Waals surface area contributed by atoms with Gasteiger partial charge in [0.1, 0.15) is 16.4 Å². The highest BCUT2D eigenvalue weighted by Gasteiger charge is 2.20. The minimum absolute atomic E-state index is 0.0537. The van der Waals surface area contributed by atoms with E-state index in [4.69, 9.17) is 4.74 Å². The second-order valence-electron chi connectivity index (χ2n) is 6.04. The number of ether oxygens (including phenoxy) is 1. The van der Waals surface area contributed by atoms with E-state index in [0.29, 0.717) is 35.4 Å². The van der Waals surface area contributed by atoms with Crippen molar-refractivity contribution in [2.24, 2.45) is 4.99 Å². The zero-order valence-corrected chi connectivity index (χ0v) is 17.8. The van der Waals surface area contributed by atoms with Crippen molar-refractivity contribution in [3.8, 4) is 0 Å². The number of thiazole rings is 1. The number of rotatable bonds is 8. The Hall–Kier alpha value is -3.01. The summed E-state index contributed by atoms with van der Waals surface area (Å²) in [4.78, 5) is 37.3. The number of nitrogens with one attached hydrogen (secondary N) is 3. The van der Waals surface area contributed by atoms with Gasteiger partial charge in [-0.1, -0.05) is 0 Å². The van der Waals surface area contributed by atoms with E-state index in [-0.39, 0.29) is 24.5 Å². The number of carbonyl (C=O) groups is 2. The Labute approximate surface area is 174 Å². The number of nitrogens with zero attached hydrogens (tertiary/aromatic N) is 3. The average Bonchev–Trinajstić information content (AvgIpc) is 3.09. The van der Waals surface area contributed by atoms with Crippen LogP contribution in [-0.2, 0) is 9.53 Å². The summed E-state index contributed by atoms with van der Waals surface area (Å²) in [5.41, 5.74) is 1.25. The Bertz CT molecular complexity index is 853. The van der Waals surface area contributed by atoms with Crippen molar-refractivity contribution in [3.63, 3.8) is 0 Å². The standard InChI is InChI=1S/C19H26N6O3S/c1-5-21-19(22-11-15(26)25-14-8-7-9-20-10-14)24-13(4)17-23-12(3)16(29-17)18(27)28-6-2/h7-10,13H,5-6,11H2,1-4H3,(H,25,26)(H2,21,22,24). The van der Waals surface area contributed by atoms with Gasteiger partial charge in [0.2, 0.25) is 5.91 Å². The van der Waals surface area contributed by atoms with E-state index >= 15 is 0 Å². The van der Waals surface area contributed by atoms with Gasteiger partial charge in [-0.05, 0) is 39.8 Å². The van der Waals surface area contributed by atoms with Crippen LogP contribution in [-0.4, -0.2) is 47.5 Å². The first-order valence-electron chi connectivity index (χ1n) is 9.33. The van der Waals surface area contributed by atoms with E-state index in [0.717, 1.165) is 5.01 Å². The van der Waals surface area contributed by atoms with E-state index in [1.54, 1.807) is 38.4 Å². The van der Waals surface area contributed by atoms with Crippen LogP contribution in [0.25, 0.3) is 0 Å². The Kier molecular flexibility index (Phi) is 8.53. The summed E-state index contributed by atoms with van der Waals surface area (Å²) in [6.45, 7) is 8.29. The first-order chi connectivity index (χ1) is 13.9. The molecule has 3 N–H and O–H groups in total. The summed E-state index contributed by atoms with van der Waals surface area (Å²) in [5.74, 6) is -0.141. The lowest BCUT2D eigenvalue weighted by Crippen LogP contribution is -2.39. The maximum Gasteiger partial charge on any atom is 0.350 e. The molecule has 2 rings (SSSR count). The summed E-state index contributed by atoms with van der Waals surface area (Å²) >= 11 is 1.28. The topological polar surface area (TPSA) is 118 Å². The molecule has 0 aliphatic rings. The number of carbonyl (C=O) groups excluding carboxylic acids is 2. The number of hydrogen-bond donors (Lipinski definition) is 3. The smallest absolute Gasteiger partial charge is 0.350 e. The number of pyridine rings is 1. The Morgan fingerprint density at radius 1 is 1.34 bits per heavy atom. The van der Waals surface area contributed by atoms with Crippen LogP contribution in [0.2, 0.25) is 0 Å². The van der Waals surface area contributed by atoms with Crippen LogP contribution in [0.5, 0.6) is 0 Å². The van der Waals surface area contributed by atoms with Gasteiger partial charge >= 0.3 is 5.97 Å². The van der Waals surface area contributed by atoms with Gasteiger partial charge in [-0.2, -0.15) is 0 Å². The van der Waals surface area contributed by atoms with Crippen LogP contribution in [0.1, 0.15) is 47.2 Å². The molecule has 29 heavy (non-hydrogen) atoms. The monoisotopic (exact) mass is 418 g/mol. The predicted octanol–water partition coefficient (Wildman–Crippen LogP) is 2.28. The van der Waals surface area contributed by atoms with Crippen LogP contribution in [0.4, 0.5) is 5.69 Å². The molecule has 0 radical (unpaired) electrons. The third kappa shape index (κ3) is 6.83. The molecule has 9 nitrogen and oxygen atoms in total. The van der Waals surface area contributed by atoms with Crippen LogP contribution >= 0.6 is 11.3 Å². The first-order valence-corrected chi connectivity index (χ1v) is 10.1. The van der Waals surface area contributed by atoms with Crippen molar-refractivity contribution < 1.29 is 14.3 Å². The molecule has 0 aliphatic carbocycles. The SMILES string of the molecule is CCNC(=NCC(=O)Nc1cccnc1)NC(C)c1nc(C)c(C(=O)OCC)s1. The molecule has 10 heteroatoms. The predicted molar refractivity (Wildman–Crippen MR) is 113 cm³/mol. The van der Waals surface area contributed by atoms with Crippen LogP contribution in [0.15, 0.2) is 29.5 Å². The van der Waals surface area contributed by atoms with Gasteiger partial charge in [0, 0.05) is 12.7 Å². The highest BCUT2D eigenvalue weighted by atomic mass is 32.1. The van der Waals surface area contributed by atoms with Gasteiger partial charge in [0.15, 0.2) is 5.96 Å². The first kappa shape index (κ1) is 22.3. The molecule has 0 saturated carbocycles. The average molecular weight is 419 g/mol. The van der Waals surface area contributed by atoms with Gasteiger partial charge in [-0.3, -0.25) is 9.78 Å². The molecule has 0 bridgehead atoms. The molecule has 1 atom stereocenters. The zero-order chi connectivity index (χ0) is 21.2. The summed E-state index contributed by atoms with van der Waals surface area (Å²) in [6.07, 6.45) is 3.20. The number of guanidine groups is 1. The number of aliphatic imine (C=N–C) groups is 1. The highest BCUT2D eigenvalue weighted by molar-refractivity contribution is 7.13. The fraction of sp³-hybridized carbons (Fsp3) is 0.421. The van der Waals surface area contributed by atoms with Gasteiger partial charge in [-0.25, -0.2) is 14.8 Å².